The molecule has 3 nitrogen and oxygen atoms in total. The van der Waals surface area contributed by atoms with Crippen molar-refractivity contribution in [1.82, 2.24) is 4.98 Å². The monoisotopic (exact) mass is 213 g/mol. The second kappa shape index (κ2) is 4.70. The molecule has 0 fully saturated rings. The number of carboxylic acids is 1. The van der Waals surface area contributed by atoms with E-state index in [1.54, 1.807) is 0 Å². The molecular weight excluding hydrogens is 208 g/mol. The molecule has 2 rings (SSSR count). The van der Waals surface area contributed by atoms with Gasteiger partial charge in [-0.1, -0.05) is 6.07 Å². The van der Waals surface area contributed by atoms with Crippen LogP contribution < -0.4 is 34.7 Å². The zero-order valence-electron chi connectivity index (χ0n) is 8.03. The zero-order valence-corrected chi connectivity index (χ0v) is 10.0. The third-order valence-electron chi connectivity index (χ3n) is 1.92. The summed E-state index contributed by atoms with van der Waals surface area (Å²) in [4.78, 5) is 14.4. The largest absolute Gasteiger partial charge is 1.00 e. The molecule has 0 aliphatic carbocycles. The molecule has 0 spiro atoms. The van der Waals surface area contributed by atoms with Crippen LogP contribution in [0.25, 0.3) is 10.9 Å². The quantitative estimate of drug-likeness (QED) is 0.502. The number of nitrogens with zero attached hydrogens (tertiary/aromatic N) is 1. The Kier molecular flexibility index (Phi) is 3.79. The van der Waals surface area contributed by atoms with E-state index in [-0.39, 0.29) is 40.5 Å². The first-order valence-corrected chi connectivity index (χ1v) is 3.94. The van der Waals surface area contributed by atoms with Gasteiger partial charge in [-0.2, -0.15) is 0 Å². The molecule has 2 aromatic rings. The van der Waals surface area contributed by atoms with Gasteiger partial charge in [0, 0.05) is 11.6 Å². The van der Waals surface area contributed by atoms with E-state index in [4.69, 9.17) is 0 Å². The molecule has 0 saturated carbocycles. The number of carbonyl (C=O) groups excluding carboxylic acids is 1. The summed E-state index contributed by atoms with van der Waals surface area (Å²) in [6.07, 6.45) is 1.33. The Hall–Kier alpha value is -0.970. The van der Waals surface area contributed by atoms with Gasteiger partial charge < -0.3 is 9.90 Å². The molecule has 0 aliphatic heterocycles. The van der Waals surface area contributed by atoms with Gasteiger partial charge in [0.15, 0.2) is 0 Å². The van der Waals surface area contributed by atoms with Gasteiger partial charge in [-0.25, -0.2) is 4.39 Å². The van der Waals surface area contributed by atoms with Crippen LogP contribution in [0.15, 0.2) is 30.5 Å². The molecule has 5 heteroatoms. The van der Waals surface area contributed by atoms with Crippen LogP contribution in [-0.2, 0) is 0 Å². The minimum absolute atomic E-state index is 0. The molecule has 0 bridgehead atoms. The molecule has 70 valence electrons. The predicted molar refractivity (Wildman–Crippen MR) is 46.0 cm³/mol. The second-order valence-corrected chi connectivity index (χ2v) is 2.81. The Balaban J connectivity index is 0.00000112. The van der Waals surface area contributed by atoms with Crippen LogP contribution in [0.5, 0.6) is 0 Å². The number of aromatic nitrogens is 1. The van der Waals surface area contributed by atoms with E-state index in [0.29, 0.717) is 5.52 Å². The van der Waals surface area contributed by atoms with E-state index >= 15 is 0 Å². The number of benzene rings is 1. The molecule has 0 amide bonds. The first-order chi connectivity index (χ1) is 6.68. The second-order valence-electron chi connectivity index (χ2n) is 2.81. The van der Waals surface area contributed by atoms with Crippen LogP contribution in [0.4, 0.5) is 4.39 Å². The van der Waals surface area contributed by atoms with Crippen LogP contribution in [-0.4, -0.2) is 11.0 Å². The number of carbonyl (C=O) groups is 1. The molecule has 0 aliphatic rings. The van der Waals surface area contributed by atoms with Crippen molar-refractivity contribution in [3.63, 3.8) is 0 Å². The van der Waals surface area contributed by atoms with E-state index < -0.39 is 11.8 Å². The standard InChI is InChI=1S/C10H6FNO2.Na/c11-8-3-4-12-9-2-1-6(10(13)14)5-7(8)9;/h1-5H,(H,13,14);/q;+1/p-1. The normalized spacial score (nSPS) is 9.67. The Morgan fingerprint density at radius 2 is 2.07 bits per heavy atom. The summed E-state index contributed by atoms with van der Waals surface area (Å²) in [5, 5.41) is 10.7. The molecule has 1 heterocycles. The minimum atomic E-state index is -1.32. The van der Waals surface area contributed by atoms with Crippen molar-refractivity contribution >= 4 is 16.9 Å². The topological polar surface area (TPSA) is 53.0 Å². The maximum atomic E-state index is 13.2. The summed E-state index contributed by atoms with van der Waals surface area (Å²) in [6.45, 7) is 0. The number of halogens is 1. The Morgan fingerprint density at radius 3 is 2.73 bits per heavy atom. The summed E-state index contributed by atoms with van der Waals surface area (Å²) in [5.41, 5.74) is 0.374. The number of carboxylic acid groups (broad SMARTS) is 1. The van der Waals surface area contributed by atoms with E-state index in [1.807, 2.05) is 0 Å². The first kappa shape index (κ1) is 12.1. The van der Waals surface area contributed by atoms with Crippen molar-refractivity contribution < 1.29 is 43.8 Å². The molecular formula is C10H5FNNaO2. The van der Waals surface area contributed by atoms with Gasteiger partial charge in [-0.15, -0.1) is 0 Å². The van der Waals surface area contributed by atoms with Crippen molar-refractivity contribution in [2.75, 3.05) is 0 Å². The smallest absolute Gasteiger partial charge is 0.545 e. The van der Waals surface area contributed by atoms with Gasteiger partial charge in [0.05, 0.1) is 11.5 Å². The van der Waals surface area contributed by atoms with E-state index in [9.17, 15) is 14.3 Å². The van der Waals surface area contributed by atoms with Crippen LogP contribution in [0.2, 0.25) is 0 Å². The van der Waals surface area contributed by atoms with Crippen molar-refractivity contribution in [2.24, 2.45) is 0 Å². The molecule has 1 aromatic carbocycles. The molecule has 1 aromatic heterocycles. The summed E-state index contributed by atoms with van der Waals surface area (Å²) < 4.78 is 13.2. The average molecular weight is 213 g/mol. The third kappa shape index (κ3) is 2.34. The fraction of sp³-hybridized carbons (Fsp3) is 0. The van der Waals surface area contributed by atoms with Gasteiger partial charge in [-0.3, -0.25) is 4.98 Å². The summed E-state index contributed by atoms with van der Waals surface area (Å²) >= 11 is 0. The molecule has 15 heavy (non-hydrogen) atoms. The van der Waals surface area contributed by atoms with Gasteiger partial charge in [0.25, 0.3) is 0 Å². The fourth-order valence-corrected chi connectivity index (χ4v) is 1.24. The summed E-state index contributed by atoms with van der Waals surface area (Å²) in [6, 6.07) is 5.18. The Labute approximate surface area is 107 Å². The van der Waals surface area contributed by atoms with Gasteiger partial charge >= 0.3 is 29.6 Å². The molecule has 0 saturated heterocycles. The molecule has 0 unspecified atom stereocenters. The molecule has 0 N–H and O–H groups in total. The van der Waals surface area contributed by atoms with Crippen molar-refractivity contribution in [1.29, 1.82) is 0 Å². The summed E-state index contributed by atoms with van der Waals surface area (Å²) in [5.74, 6) is -1.81. The van der Waals surface area contributed by atoms with E-state index in [1.165, 1.54) is 30.5 Å². The van der Waals surface area contributed by atoms with Crippen LogP contribution in [0, 0.1) is 5.82 Å². The van der Waals surface area contributed by atoms with Crippen molar-refractivity contribution in [3.05, 3.63) is 41.8 Å². The van der Waals surface area contributed by atoms with Crippen LogP contribution in [0.1, 0.15) is 10.4 Å². The van der Waals surface area contributed by atoms with Gasteiger partial charge in [0.1, 0.15) is 5.82 Å². The molecule has 0 atom stereocenters. The Morgan fingerprint density at radius 1 is 1.33 bits per heavy atom. The number of aromatic carboxylic acids is 1. The average Bonchev–Trinajstić information content (AvgIpc) is 2.18. The number of pyridine rings is 1. The van der Waals surface area contributed by atoms with Crippen molar-refractivity contribution in [3.8, 4) is 0 Å². The minimum Gasteiger partial charge on any atom is -0.545 e. The summed E-state index contributed by atoms with van der Waals surface area (Å²) in [7, 11) is 0. The van der Waals surface area contributed by atoms with Gasteiger partial charge in [0.2, 0.25) is 0 Å². The zero-order chi connectivity index (χ0) is 10.1. The molecule has 0 radical (unpaired) electrons. The van der Waals surface area contributed by atoms with Gasteiger partial charge in [-0.05, 0) is 23.8 Å². The number of hydrogen-bond acceptors (Lipinski definition) is 3. The van der Waals surface area contributed by atoms with E-state index in [0.717, 1.165) is 0 Å². The fourth-order valence-electron chi connectivity index (χ4n) is 1.24. The number of fused-ring (bicyclic) bond motifs is 1. The maximum absolute atomic E-state index is 13.2. The maximum Gasteiger partial charge on any atom is 1.00 e. The van der Waals surface area contributed by atoms with E-state index in [2.05, 4.69) is 4.98 Å². The van der Waals surface area contributed by atoms with Crippen LogP contribution in [0.3, 0.4) is 0 Å². The third-order valence-corrected chi connectivity index (χ3v) is 1.92. The predicted octanol–water partition coefficient (Wildman–Crippen LogP) is -2.26. The number of rotatable bonds is 1. The Bertz CT molecular complexity index is 516. The SMILES string of the molecule is O=C([O-])c1ccc2nccc(F)c2c1.[Na+]. The van der Waals surface area contributed by atoms with Crippen LogP contribution >= 0.6 is 0 Å². The first-order valence-electron chi connectivity index (χ1n) is 3.94. The number of hydrogen-bond donors (Lipinski definition) is 0. The van der Waals surface area contributed by atoms with Crippen molar-refractivity contribution in [2.45, 2.75) is 0 Å².